The van der Waals surface area contributed by atoms with E-state index in [0.717, 1.165) is 20.3 Å². The molecule has 4 aromatic carbocycles. The van der Waals surface area contributed by atoms with Gasteiger partial charge < -0.3 is 10.2 Å². The summed E-state index contributed by atoms with van der Waals surface area (Å²) in [6, 6.07) is 28.8. The van der Waals surface area contributed by atoms with Crippen molar-refractivity contribution in [2.75, 3.05) is 0 Å². The zero-order valence-corrected chi connectivity index (χ0v) is 21.7. The maximum absolute atomic E-state index is 11.4. The first kappa shape index (κ1) is 26.6. The molecular weight excluding hydrogens is 584 g/mol. The summed E-state index contributed by atoms with van der Waals surface area (Å²) < 4.78 is 2.02. The van der Waals surface area contributed by atoms with Crippen molar-refractivity contribution in [2.24, 2.45) is 9.98 Å². The Morgan fingerprint density at radius 2 is 0.848 bits per heavy atom. The number of hydrogen-bond donors (Lipinski definition) is 0. The summed E-state index contributed by atoms with van der Waals surface area (Å²) in [7, 11) is 0. The van der Waals surface area contributed by atoms with E-state index in [1.165, 1.54) is 12.1 Å². The fraction of sp³-hybridized carbons (Fsp3) is 0. The second-order valence-electron chi connectivity index (χ2n) is 6.54. The van der Waals surface area contributed by atoms with E-state index in [1.54, 1.807) is 36.7 Å². The van der Waals surface area contributed by atoms with Gasteiger partial charge in [0, 0.05) is 21.4 Å². The van der Waals surface area contributed by atoms with E-state index in [1.807, 2.05) is 60.7 Å². The van der Waals surface area contributed by atoms with E-state index < -0.39 is 0 Å². The summed E-state index contributed by atoms with van der Waals surface area (Å²) in [4.78, 5) is 8.47. The molecule has 0 radical (unpaired) electrons. The summed E-state index contributed by atoms with van der Waals surface area (Å²) in [5, 5.41) is 22.8. The van der Waals surface area contributed by atoms with Crippen molar-refractivity contribution in [3.8, 4) is 11.5 Å². The van der Waals surface area contributed by atoms with Gasteiger partial charge in [-0.25, -0.2) is 0 Å². The zero-order valence-electron chi connectivity index (χ0n) is 17.3. The maximum Gasteiger partial charge on any atom is 2.00 e. The second kappa shape index (κ2) is 13.8. The van der Waals surface area contributed by atoms with Gasteiger partial charge >= 0.3 is 17.4 Å². The van der Waals surface area contributed by atoms with Gasteiger partial charge in [-0.3, -0.25) is 9.98 Å². The molecule has 0 unspecified atom stereocenters. The van der Waals surface area contributed by atoms with Crippen LogP contribution in [0, 0.1) is 0 Å². The molecule has 0 fully saturated rings. The first-order valence-corrected chi connectivity index (χ1v) is 11.2. The number of para-hydroxylation sites is 2. The standard InChI is InChI=1S/2C13H10BrNO.Cr/c2*14-11-5-7-12(8-6-11)15-9-10-3-1-2-4-13(10)16;/h2*1-9,16H;/q;;+2/p-2. The van der Waals surface area contributed by atoms with Crippen LogP contribution in [0.4, 0.5) is 11.4 Å². The van der Waals surface area contributed by atoms with Gasteiger partial charge in [-0.05, 0) is 59.7 Å². The SMILES string of the molecule is [Cr+2].[O-]c1ccccc1C=Nc1ccc(Br)cc1.[O-]c1ccccc1C=Nc1ccc(Br)cc1. The second-order valence-corrected chi connectivity index (χ2v) is 8.38. The summed E-state index contributed by atoms with van der Waals surface area (Å²) in [5.74, 6) is -0.0216. The minimum absolute atomic E-state index is 0. The number of nitrogens with zero attached hydrogens (tertiary/aromatic N) is 2. The van der Waals surface area contributed by atoms with Crippen molar-refractivity contribution in [3.05, 3.63) is 117 Å². The first-order valence-electron chi connectivity index (χ1n) is 9.62. The quantitative estimate of drug-likeness (QED) is 0.249. The van der Waals surface area contributed by atoms with Crippen LogP contribution in [0.25, 0.3) is 0 Å². The molecule has 4 nitrogen and oxygen atoms in total. The fourth-order valence-corrected chi connectivity index (χ4v) is 3.05. The van der Waals surface area contributed by atoms with Crippen LogP contribution in [0.2, 0.25) is 0 Å². The molecule has 0 bridgehead atoms. The molecule has 0 saturated heterocycles. The zero-order chi connectivity index (χ0) is 22.8. The van der Waals surface area contributed by atoms with Crippen LogP contribution in [0.15, 0.2) is 116 Å². The molecule has 0 aliphatic rings. The predicted molar refractivity (Wildman–Crippen MR) is 135 cm³/mol. The number of benzene rings is 4. The molecule has 0 N–H and O–H groups in total. The molecule has 0 amide bonds. The third-order valence-electron chi connectivity index (χ3n) is 4.20. The van der Waals surface area contributed by atoms with E-state index in [4.69, 9.17) is 0 Å². The molecule has 0 aliphatic heterocycles. The topological polar surface area (TPSA) is 70.8 Å². The largest absolute Gasteiger partial charge is 2.00 e. The molecule has 4 aromatic rings. The Bertz CT molecular complexity index is 1110. The fourth-order valence-electron chi connectivity index (χ4n) is 2.52. The Labute approximate surface area is 220 Å². The monoisotopic (exact) mass is 600 g/mol. The van der Waals surface area contributed by atoms with Gasteiger partial charge in [-0.15, -0.1) is 11.5 Å². The van der Waals surface area contributed by atoms with Gasteiger partial charge in [0.25, 0.3) is 0 Å². The summed E-state index contributed by atoms with van der Waals surface area (Å²) in [6.45, 7) is 0. The maximum atomic E-state index is 11.4. The Kier molecular flexibility index (Phi) is 11.1. The average Bonchev–Trinajstić information content (AvgIpc) is 2.81. The summed E-state index contributed by atoms with van der Waals surface area (Å²) in [5.41, 5.74) is 2.86. The normalized spacial score (nSPS) is 10.5. The number of rotatable bonds is 4. The van der Waals surface area contributed by atoms with Crippen molar-refractivity contribution in [1.82, 2.24) is 0 Å². The van der Waals surface area contributed by atoms with Gasteiger partial charge in [-0.2, -0.15) is 0 Å². The Balaban J connectivity index is 0.000000227. The molecule has 0 spiro atoms. The Morgan fingerprint density at radius 1 is 0.515 bits per heavy atom. The van der Waals surface area contributed by atoms with Crippen molar-refractivity contribution >= 4 is 55.7 Å². The molecule has 7 heteroatoms. The summed E-state index contributed by atoms with van der Waals surface area (Å²) >= 11 is 6.70. The van der Waals surface area contributed by atoms with Gasteiger partial charge in [0.2, 0.25) is 0 Å². The number of hydrogen-bond acceptors (Lipinski definition) is 4. The van der Waals surface area contributed by atoms with Gasteiger partial charge in [0.15, 0.2) is 0 Å². The molecular formula is C26H18Br2CrN2O2. The smallest absolute Gasteiger partial charge is 0.872 e. The van der Waals surface area contributed by atoms with Crippen LogP contribution in [0.5, 0.6) is 11.5 Å². The molecule has 0 saturated carbocycles. The molecule has 0 atom stereocenters. The van der Waals surface area contributed by atoms with Crippen LogP contribution in [-0.2, 0) is 17.4 Å². The number of halogens is 2. The van der Waals surface area contributed by atoms with Crippen molar-refractivity contribution in [2.45, 2.75) is 0 Å². The molecule has 0 aromatic heterocycles. The summed E-state index contributed by atoms with van der Waals surface area (Å²) in [6.07, 6.45) is 3.18. The predicted octanol–water partition coefficient (Wildman–Crippen LogP) is 6.54. The average molecular weight is 602 g/mol. The van der Waals surface area contributed by atoms with Crippen LogP contribution in [0.3, 0.4) is 0 Å². The van der Waals surface area contributed by atoms with E-state index in [2.05, 4.69) is 41.8 Å². The Hall–Kier alpha value is -2.69. The van der Waals surface area contributed by atoms with Gasteiger partial charge in [0.05, 0.1) is 11.4 Å². The van der Waals surface area contributed by atoms with E-state index in [9.17, 15) is 10.2 Å². The van der Waals surface area contributed by atoms with Crippen molar-refractivity contribution < 1.29 is 27.6 Å². The van der Waals surface area contributed by atoms with E-state index >= 15 is 0 Å². The third-order valence-corrected chi connectivity index (χ3v) is 5.25. The first-order chi connectivity index (χ1) is 15.5. The van der Waals surface area contributed by atoms with Crippen molar-refractivity contribution in [3.63, 3.8) is 0 Å². The van der Waals surface area contributed by atoms with Crippen molar-refractivity contribution in [1.29, 1.82) is 0 Å². The minimum Gasteiger partial charge on any atom is -0.872 e. The molecule has 33 heavy (non-hydrogen) atoms. The minimum atomic E-state index is -0.0108. The van der Waals surface area contributed by atoms with Gasteiger partial charge in [0.1, 0.15) is 0 Å². The van der Waals surface area contributed by atoms with Crippen LogP contribution < -0.4 is 10.2 Å². The molecule has 4 rings (SSSR count). The van der Waals surface area contributed by atoms with Gasteiger partial charge in [-0.1, -0.05) is 80.4 Å². The van der Waals surface area contributed by atoms with E-state index in [-0.39, 0.29) is 28.9 Å². The third kappa shape index (κ3) is 8.99. The molecule has 0 heterocycles. The van der Waals surface area contributed by atoms with Crippen LogP contribution >= 0.6 is 31.9 Å². The van der Waals surface area contributed by atoms with Crippen LogP contribution in [-0.4, -0.2) is 12.4 Å². The number of aliphatic imine (C=N–C) groups is 2. The molecule has 164 valence electrons. The Morgan fingerprint density at radius 3 is 1.18 bits per heavy atom. The molecule has 0 aliphatic carbocycles. The van der Waals surface area contributed by atoms with Crippen LogP contribution in [0.1, 0.15) is 11.1 Å². The van der Waals surface area contributed by atoms with E-state index in [0.29, 0.717) is 11.1 Å².